The lowest BCUT2D eigenvalue weighted by Gasteiger charge is -2.40. The van der Waals surface area contributed by atoms with Crippen LogP contribution in [0.2, 0.25) is 0 Å². The highest BCUT2D eigenvalue weighted by atomic mass is 19.4. The Bertz CT molecular complexity index is 1240. The molecule has 1 aliphatic heterocycles. The summed E-state index contributed by atoms with van der Waals surface area (Å²) in [5.74, 6) is 0.523. The summed E-state index contributed by atoms with van der Waals surface area (Å²) in [6.07, 6.45) is -3.45. The second-order valence-corrected chi connectivity index (χ2v) is 8.69. The molecule has 0 N–H and O–H groups in total. The van der Waals surface area contributed by atoms with Crippen LogP contribution in [0.1, 0.15) is 59.2 Å². The van der Waals surface area contributed by atoms with Gasteiger partial charge in [-0.3, -0.25) is 14.2 Å². The van der Waals surface area contributed by atoms with Gasteiger partial charge in [-0.2, -0.15) is 23.4 Å². The molecule has 0 fully saturated rings. The lowest BCUT2D eigenvalue weighted by molar-refractivity contribution is -0.141. The fraction of sp³-hybridized carbons (Fsp3) is 0.458. The second kappa shape index (κ2) is 8.48. The van der Waals surface area contributed by atoms with Crippen molar-refractivity contribution in [3.05, 3.63) is 52.3 Å². The van der Waals surface area contributed by atoms with E-state index in [-0.39, 0.29) is 18.0 Å². The third kappa shape index (κ3) is 3.74. The van der Waals surface area contributed by atoms with Gasteiger partial charge in [0.25, 0.3) is 5.91 Å². The average Bonchev–Trinajstić information content (AvgIpc) is 3.31. The van der Waals surface area contributed by atoms with Gasteiger partial charge < -0.3 is 9.64 Å². The highest BCUT2D eigenvalue weighted by molar-refractivity contribution is 5.97. The molecule has 0 saturated heterocycles. The smallest absolute Gasteiger partial charge is 0.435 e. The molecule has 182 valence electrons. The first-order valence-corrected chi connectivity index (χ1v) is 11.1. The highest BCUT2D eigenvalue weighted by Gasteiger charge is 2.41. The van der Waals surface area contributed by atoms with Crippen molar-refractivity contribution in [3.8, 4) is 17.1 Å². The molecule has 2 unspecified atom stereocenters. The predicted molar refractivity (Wildman–Crippen MR) is 121 cm³/mol. The fourth-order valence-corrected chi connectivity index (χ4v) is 4.98. The van der Waals surface area contributed by atoms with Crippen molar-refractivity contribution in [1.29, 1.82) is 0 Å². The summed E-state index contributed by atoms with van der Waals surface area (Å²) in [6, 6.07) is 5.95. The number of rotatable bonds is 4. The molecule has 3 aromatic rings. The molecule has 0 saturated carbocycles. The molecule has 0 aliphatic carbocycles. The Labute approximate surface area is 196 Å². The maximum atomic E-state index is 13.7. The number of aryl methyl sites for hydroxylation is 2. The summed E-state index contributed by atoms with van der Waals surface area (Å²) in [6.45, 7) is 5.79. The molecule has 34 heavy (non-hydrogen) atoms. The maximum absolute atomic E-state index is 13.7. The van der Waals surface area contributed by atoms with Gasteiger partial charge in [-0.15, -0.1) is 0 Å². The number of hydrogen-bond acceptors (Lipinski definition) is 4. The molecule has 0 bridgehead atoms. The van der Waals surface area contributed by atoms with Crippen molar-refractivity contribution in [3.63, 3.8) is 0 Å². The van der Waals surface area contributed by atoms with E-state index in [0.29, 0.717) is 41.2 Å². The van der Waals surface area contributed by atoms with Gasteiger partial charge in [0.2, 0.25) is 0 Å². The second-order valence-electron chi connectivity index (χ2n) is 8.69. The van der Waals surface area contributed by atoms with Gasteiger partial charge in [0.15, 0.2) is 5.69 Å². The summed E-state index contributed by atoms with van der Waals surface area (Å²) < 4.78 is 48.1. The van der Waals surface area contributed by atoms with Crippen molar-refractivity contribution in [2.75, 3.05) is 7.11 Å². The zero-order valence-electron chi connectivity index (χ0n) is 20.1. The number of fused-ring (bicyclic) bond motifs is 1. The van der Waals surface area contributed by atoms with Crippen LogP contribution < -0.4 is 4.74 Å². The highest BCUT2D eigenvalue weighted by Crippen LogP contribution is 2.41. The first-order valence-electron chi connectivity index (χ1n) is 11.1. The maximum Gasteiger partial charge on any atom is 0.435 e. The van der Waals surface area contributed by atoms with Crippen molar-refractivity contribution in [2.24, 2.45) is 14.1 Å². The Morgan fingerprint density at radius 2 is 1.91 bits per heavy atom. The number of ether oxygens (including phenoxy) is 1. The Balaban J connectivity index is 1.80. The lowest BCUT2D eigenvalue weighted by Crippen LogP contribution is -2.46. The monoisotopic (exact) mass is 475 g/mol. The van der Waals surface area contributed by atoms with Gasteiger partial charge in [-0.25, -0.2) is 0 Å². The largest absolute Gasteiger partial charge is 0.496 e. The molecule has 1 amide bonds. The van der Waals surface area contributed by atoms with Crippen LogP contribution in [0.25, 0.3) is 11.4 Å². The molecular formula is C24H28F3N5O2. The first kappa shape index (κ1) is 23.8. The SMILES string of the molecule is CCC1c2nn(C)c(-c3cc(C(F)(F)F)nn3C)c2CC(C)N1C(=O)c1cccc(OC)c1C. The van der Waals surface area contributed by atoms with E-state index >= 15 is 0 Å². The summed E-state index contributed by atoms with van der Waals surface area (Å²) in [7, 11) is 4.78. The number of carbonyl (C=O) groups excluding carboxylic acids is 1. The normalized spacial score (nSPS) is 18.2. The van der Waals surface area contributed by atoms with Crippen molar-refractivity contribution in [2.45, 2.75) is 51.9 Å². The van der Waals surface area contributed by atoms with E-state index in [4.69, 9.17) is 4.74 Å². The number of alkyl halides is 3. The van der Waals surface area contributed by atoms with E-state index in [1.54, 1.807) is 31.0 Å². The number of nitrogens with zero attached hydrogens (tertiary/aromatic N) is 5. The minimum absolute atomic E-state index is 0.117. The number of halogens is 3. The van der Waals surface area contributed by atoms with Crippen LogP contribution >= 0.6 is 0 Å². The Kier molecular flexibility index (Phi) is 5.95. The van der Waals surface area contributed by atoms with Crippen LogP contribution in [0.15, 0.2) is 24.3 Å². The minimum Gasteiger partial charge on any atom is -0.496 e. The zero-order valence-corrected chi connectivity index (χ0v) is 20.1. The predicted octanol–water partition coefficient (Wildman–Crippen LogP) is 4.69. The van der Waals surface area contributed by atoms with Crippen LogP contribution in [-0.4, -0.2) is 43.5 Å². The molecule has 2 aromatic heterocycles. The standard InChI is InChI=1S/C24H28F3N5O2/c1-7-17-21-16(22(31(5)29-21)18-12-20(24(25,26)27)28-30(18)4)11-13(2)32(17)23(33)15-9-8-10-19(34-6)14(15)3/h8-10,12-13,17H,7,11H2,1-6H3. The number of benzene rings is 1. The van der Waals surface area contributed by atoms with Gasteiger partial charge in [0.1, 0.15) is 5.75 Å². The van der Waals surface area contributed by atoms with Crippen LogP contribution in [0, 0.1) is 6.92 Å². The first-order chi connectivity index (χ1) is 16.0. The number of amides is 1. The zero-order chi connectivity index (χ0) is 24.9. The van der Waals surface area contributed by atoms with E-state index in [1.165, 1.54) is 11.7 Å². The molecule has 0 radical (unpaired) electrons. The van der Waals surface area contributed by atoms with Crippen LogP contribution in [-0.2, 0) is 26.7 Å². The van der Waals surface area contributed by atoms with Gasteiger partial charge in [0, 0.05) is 36.8 Å². The molecule has 3 heterocycles. The summed E-state index contributed by atoms with van der Waals surface area (Å²) in [4.78, 5) is 15.5. The number of hydrogen-bond donors (Lipinski definition) is 0. The third-order valence-electron chi connectivity index (χ3n) is 6.57. The van der Waals surface area contributed by atoms with Gasteiger partial charge in [0.05, 0.1) is 30.2 Å². The molecule has 7 nitrogen and oxygen atoms in total. The fourth-order valence-electron chi connectivity index (χ4n) is 4.98. The van der Waals surface area contributed by atoms with Crippen molar-refractivity contribution < 1.29 is 22.7 Å². The van der Waals surface area contributed by atoms with Gasteiger partial charge in [-0.05, 0) is 44.9 Å². The van der Waals surface area contributed by atoms with Crippen LogP contribution in [0.5, 0.6) is 5.75 Å². The van der Waals surface area contributed by atoms with Crippen molar-refractivity contribution in [1.82, 2.24) is 24.5 Å². The molecule has 10 heteroatoms. The Morgan fingerprint density at radius 1 is 1.21 bits per heavy atom. The Morgan fingerprint density at radius 3 is 2.50 bits per heavy atom. The van der Waals surface area contributed by atoms with Crippen LogP contribution in [0.3, 0.4) is 0 Å². The van der Waals surface area contributed by atoms with E-state index in [2.05, 4.69) is 10.2 Å². The Hall–Kier alpha value is -3.30. The van der Waals surface area contributed by atoms with Gasteiger partial charge in [-0.1, -0.05) is 13.0 Å². The number of aromatic nitrogens is 4. The number of methoxy groups -OCH3 is 1. The summed E-state index contributed by atoms with van der Waals surface area (Å²) in [5.41, 5.74) is 2.88. The van der Waals surface area contributed by atoms with Crippen LogP contribution in [0.4, 0.5) is 13.2 Å². The summed E-state index contributed by atoms with van der Waals surface area (Å²) >= 11 is 0. The molecule has 1 aromatic carbocycles. The average molecular weight is 476 g/mol. The molecule has 1 aliphatic rings. The third-order valence-corrected chi connectivity index (χ3v) is 6.57. The quantitative estimate of drug-likeness (QED) is 0.549. The van der Waals surface area contributed by atoms with Crippen molar-refractivity contribution >= 4 is 5.91 Å². The molecular weight excluding hydrogens is 447 g/mol. The molecule has 0 spiro atoms. The topological polar surface area (TPSA) is 65.2 Å². The minimum atomic E-state index is -4.54. The molecule has 4 rings (SSSR count). The molecule has 2 atom stereocenters. The van der Waals surface area contributed by atoms with E-state index < -0.39 is 11.9 Å². The van der Waals surface area contributed by atoms with E-state index in [1.807, 2.05) is 31.7 Å². The van der Waals surface area contributed by atoms with E-state index in [9.17, 15) is 18.0 Å². The van der Waals surface area contributed by atoms with E-state index in [0.717, 1.165) is 17.2 Å². The summed E-state index contributed by atoms with van der Waals surface area (Å²) in [5, 5.41) is 8.35. The number of carbonyl (C=O) groups is 1. The lowest BCUT2D eigenvalue weighted by atomic mass is 9.89. The van der Waals surface area contributed by atoms with Gasteiger partial charge >= 0.3 is 6.18 Å².